The summed E-state index contributed by atoms with van der Waals surface area (Å²) in [6.45, 7) is 4.23. The molecule has 0 aliphatic rings. The number of aryl methyl sites for hydroxylation is 1. The molecule has 0 saturated heterocycles. The highest BCUT2D eigenvalue weighted by Crippen LogP contribution is 2.24. The van der Waals surface area contributed by atoms with Gasteiger partial charge < -0.3 is 5.73 Å². The molecule has 14 heavy (non-hydrogen) atoms. The van der Waals surface area contributed by atoms with Gasteiger partial charge in [-0.1, -0.05) is 13.8 Å². The second-order valence-electron chi connectivity index (χ2n) is 3.80. The van der Waals surface area contributed by atoms with Crippen molar-refractivity contribution < 1.29 is 0 Å². The van der Waals surface area contributed by atoms with Crippen molar-refractivity contribution in [2.45, 2.75) is 19.8 Å². The second-order valence-corrected chi connectivity index (χ2v) is 3.80. The summed E-state index contributed by atoms with van der Waals surface area (Å²) in [5, 5.41) is 5.49. The van der Waals surface area contributed by atoms with Gasteiger partial charge in [-0.2, -0.15) is 5.10 Å². The highest BCUT2D eigenvalue weighted by atomic mass is 15.3. The van der Waals surface area contributed by atoms with Crippen molar-refractivity contribution in [1.29, 1.82) is 0 Å². The highest BCUT2D eigenvalue weighted by molar-refractivity contribution is 5.81. The molecule has 2 aromatic rings. The summed E-state index contributed by atoms with van der Waals surface area (Å²) in [4.78, 5) is 4.26. The van der Waals surface area contributed by atoms with Crippen LogP contribution in [0.3, 0.4) is 0 Å². The van der Waals surface area contributed by atoms with Crippen molar-refractivity contribution in [2.75, 3.05) is 5.73 Å². The fourth-order valence-corrected chi connectivity index (χ4v) is 1.61. The average molecular weight is 190 g/mol. The van der Waals surface area contributed by atoms with Crippen LogP contribution < -0.4 is 5.73 Å². The Morgan fingerprint density at radius 1 is 1.43 bits per heavy atom. The fourth-order valence-electron chi connectivity index (χ4n) is 1.61. The number of rotatable bonds is 1. The Morgan fingerprint density at radius 3 is 2.79 bits per heavy atom. The van der Waals surface area contributed by atoms with E-state index in [1.807, 2.05) is 13.1 Å². The minimum atomic E-state index is 0.391. The number of nitrogen functional groups attached to an aromatic ring is 1. The quantitative estimate of drug-likeness (QED) is 0.744. The first-order chi connectivity index (χ1) is 6.59. The third kappa shape index (κ3) is 1.23. The molecule has 4 heteroatoms. The van der Waals surface area contributed by atoms with E-state index in [1.165, 1.54) is 0 Å². The summed E-state index contributed by atoms with van der Waals surface area (Å²) in [6, 6.07) is 1.94. The van der Waals surface area contributed by atoms with Gasteiger partial charge in [0.15, 0.2) is 5.65 Å². The first-order valence-electron chi connectivity index (χ1n) is 4.67. The van der Waals surface area contributed by atoms with Gasteiger partial charge in [-0.15, -0.1) is 0 Å². The Hall–Kier alpha value is -1.58. The van der Waals surface area contributed by atoms with Crippen molar-refractivity contribution in [1.82, 2.24) is 14.8 Å². The van der Waals surface area contributed by atoms with Crippen LogP contribution in [0.1, 0.15) is 25.5 Å². The Morgan fingerprint density at radius 2 is 2.14 bits per heavy atom. The van der Waals surface area contributed by atoms with Gasteiger partial charge in [0.05, 0.1) is 17.6 Å². The molecule has 2 aromatic heterocycles. The van der Waals surface area contributed by atoms with Crippen LogP contribution in [0.15, 0.2) is 12.3 Å². The number of anilines is 1. The maximum Gasteiger partial charge on any atom is 0.157 e. The van der Waals surface area contributed by atoms with Gasteiger partial charge in [0, 0.05) is 12.4 Å². The summed E-state index contributed by atoms with van der Waals surface area (Å²) >= 11 is 0. The molecule has 0 aliphatic heterocycles. The van der Waals surface area contributed by atoms with E-state index < -0.39 is 0 Å². The van der Waals surface area contributed by atoms with Gasteiger partial charge in [-0.3, -0.25) is 4.68 Å². The van der Waals surface area contributed by atoms with Crippen LogP contribution in [-0.2, 0) is 7.05 Å². The van der Waals surface area contributed by atoms with Crippen molar-refractivity contribution in [3.8, 4) is 0 Å². The third-order valence-corrected chi connectivity index (χ3v) is 2.27. The first kappa shape index (κ1) is 8.99. The van der Waals surface area contributed by atoms with Gasteiger partial charge in [-0.05, 0) is 12.0 Å². The van der Waals surface area contributed by atoms with Crippen LogP contribution in [0, 0.1) is 0 Å². The number of fused-ring (bicyclic) bond motifs is 1. The zero-order valence-electron chi connectivity index (χ0n) is 8.65. The van der Waals surface area contributed by atoms with Crippen molar-refractivity contribution in [3.63, 3.8) is 0 Å². The molecule has 0 saturated carbocycles. The normalized spacial score (nSPS) is 11.4. The van der Waals surface area contributed by atoms with Gasteiger partial charge in [-0.25, -0.2) is 4.98 Å². The molecule has 0 aliphatic carbocycles. The van der Waals surface area contributed by atoms with Crippen molar-refractivity contribution >= 4 is 16.7 Å². The maximum atomic E-state index is 5.70. The van der Waals surface area contributed by atoms with Gasteiger partial charge >= 0.3 is 0 Å². The summed E-state index contributed by atoms with van der Waals surface area (Å²) in [6.07, 6.45) is 1.66. The molecule has 0 unspecified atom stereocenters. The standard InChI is InChI=1S/C10H14N4/c1-6(2)9-8-4-7(11)5-12-10(8)14(3)13-9/h4-6H,11H2,1-3H3. The molecule has 0 atom stereocenters. The largest absolute Gasteiger partial charge is 0.397 e. The lowest BCUT2D eigenvalue weighted by Gasteiger charge is -1.99. The van der Waals surface area contributed by atoms with E-state index >= 15 is 0 Å². The van der Waals surface area contributed by atoms with Crippen LogP contribution >= 0.6 is 0 Å². The van der Waals surface area contributed by atoms with Crippen LogP contribution in [0.25, 0.3) is 11.0 Å². The summed E-state index contributed by atoms with van der Waals surface area (Å²) in [5.74, 6) is 0.391. The van der Waals surface area contributed by atoms with E-state index in [1.54, 1.807) is 10.9 Å². The molecular formula is C10H14N4. The third-order valence-electron chi connectivity index (χ3n) is 2.27. The molecule has 2 N–H and O–H groups in total. The molecule has 0 amide bonds. The van der Waals surface area contributed by atoms with Gasteiger partial charge in [0.2, 0.25) is 0 Å². The summed E-state index contributed by atoms with van der Waals surface area (Å²) in [7, 11) is 1.90. The van der Waals surface area contributed by atoms with Crippen molar-refractivity contribution in [3.05, 3.63) is 18.0 Å². The smallest absolute Gasteiger partial charge is 0.157 e. The van der Waals surface area contributed by atoms with Crippen molar-refractivity contribution in [2.24, 2.45) is 7.05 Å². The Balaban J connectivity index is 2.79. The van der Waals surface area contributed by atoms with Gasteiger partial charge in [0.25, 0.3) is 0 Å². The molecule has 0 aromatic carbocycles. The predicted molar refractivity (Wildman–Crippen MR) is 57.0 cm³/mol. The molecule has 0 spiro atoms. The molecule has 2 heterocycles. The molecule has 0 bridgehead atoms. The minimum Gasteiger partial charge on any atom is -0.397 e. The van der Waals surface area contributed by atoms with Crippen LogP contribution in [0.5, 0.6) is 0 Å². The molecular weight excluding hydrogens is 176 g/mol. The monoisotopic (exact) mass is 190 g/mol. The molecule has 74 valence electrons. The van der Waals surface area contributed by atoms with Crippen LogP contribution in [-0.4, -0.2) is 14.8 Å². The Labute approximate surface area is 82.7 Å². The van der Waals surface area contributed by atoms with E-state index in [0.717, 1.165) is 16.7 Å². The SMILES string of the molecule is CC(C)c1nn(C)c2ncc(N)cc12. The molecule has 0 radical (unpaired) electrons. The zero-order valence-corrected chi connectivity index (χ0v) is 8.65. The number of aromatic nitrogens is 3. The van der Waals surface area contributed by atoms with E-state index in [0.29, 0.717) is 11.6 Å². The highest BCUT2D eigenvalue weighted by Gasteiger charge is 2.12. The number of hydrogen-bond donors (Lipinski definition) is 1. The number of pyridine rings is 1. The van der Waals surface area contributed by atoms with E-state index in [9.17, 15) is 0 Å². The number of nitrogens with zero attached hydrogens (tertiary/aromatic N) is 3. The van der Waals surface area contributed by atoms with E-state index in [2.05, 4.69) is 23.9 Å². The lowest BCUT2D eigenvalue weighted by Crippen LogP contribution is -1.93. The molecule has 0 fully saturated rings. The fraction of sp³-hybridized carbons (Fsp3) is 0.400. The van der Waals surface area contributed by atoms with Gasteiger partial charge in [0.1, 0.15) is 0 Å². The molecule has 4 nitrogen and oxygen atoms in total. The first-order valence-corrected chi connectivity index (χ1v) is 4.67. The second kappa shape index (κ2) is 2.97. The van der Waals surface area contributed by atoms with Crippen LogP contribution in [0.2, 0.25) is 0 Å². The topological polar surface area (TPSA) is 56.7 Å². The predicted octanol–water partition coefficient (Wildman–Crippen LogP) is 1.67. The molecule has 2 rings (SSSR count). The summed E-state index contributed by atoms with van der Waals surface area (Å²) in [5.41, 5.74) is 8.34. The number of hydrogen-bond acceptors (Lipinski definition) is 3. The number of nitrogens with two attached hydrogens (primary N) is 1. The minimum absolute atomic E-state index is 0.391. The average Bonchev–Trinajstić information content (AvgIpc) is 2.43. The Bertz CT molecular complexity index is 470. The van der Waals surface area contributed by atoms with E-state index in [4.69, 9.17) is 5.73 Å². The maximum absolute atomic E-state index is 5.70. The lowest BCUT2D eigenvalue weighted by molar-refractivity contribution is 0.724. The van der Waals surface area contributed by atoms with Crippen LogP contribution in [0.4, 0.5) is 5.69 Å². The zero-order chi connectivity index (χ0) is 10.3. The summed E-state index contributed by atoms with van der Waals surface area (Å²) < 4.78 is 1.80. The Kier molecular flexibility index (Phi) is 1.91. The van der Waals surface area contributed by atoms with E-state index in [-0.39, 0.29) is 0 Å². The lowest BCUT2D eigenvalue weighted by atomic mass is 10.1.